The molecule has 0 aliphatic carbocycles. The lowest BCUT2D eigenvalue weighted by atomic mass is 10.1. The van der Waals surface area contributed by atoms with E-state index >= 15 is 0 Å². The van der Waals surface area contributed by atoms with Crippen molar-refractivity contribution in [3.8, 4) is 0 Å². The molecule has 2 aliphatic rings. The summed E-state index contributed by atoms with van der Waals surface area (Å²) in [6.07, 6.45) is 2.91. The van der Waals surface area contributed by atoms with E-state index in [-0.39, 0.29) is 24.0 Å². The van der Waals surface area contributed by atoms with Crippen LogP contribution in [0.15, 0.2) is 21.8 Å². The van der Waals surface area contributed by atoms with Gasteiger partial charge in [-0.25, -0.2) is 0 Å². The van der Waals surface area contributed by atoms with Gasteiger partial charge < -0.3 is 19.6 Å². The van der Waals surface area contributed by atoms with Gasteiger partial charge in [-0.1, -0.05) is 5.16 Å². The SMILES string of the molecule is CCNC(=NCC1CCN(C)C1)N1CCN(Cc2ccon2)CC1.I. The zero-order chi connectivity index (χ0) is 16.8. The van der Waals surface area contributed by atoms with Crippen molar-refractivity contribution < 1.29 is 4.52 Å². The fourth-order valence-electron chi connectivity index (χ4n) is 3.48. The van der Waals surface area contributed by atoms with Crippen molar-refractivity contribution in [1.82, 2.24) is 25.2 Å². The maximum absolute atomic E-state index is 4.92. The predicted molar refractivity (Wildman–Crippen MR) is 110 cm³/mol. The summed E-state index contributed by atoms with van der Waals surface area (Å²) in [7, 11) is 2.20. The number of rotatable bonds is 5. The van der Waals surface area contributed by atoms with E-state index in [2.05, 4.69) is 39.1 Å². The van der Waals surface area contributed by atoms with E-state index in [0.717, 1.165) is 57.5 Å². The molecule has 1 unspecified atom stereocenters. The number of nitrogens with one attached hydrogen (secondary N) is 1. The minimum atomic E-state index is 0. The normalized spacial score (nSPS) is 22.9. The van der Waals surface area contributed by atoms with Crippen LogP contribution < -0.4 is 5.32 Å². The van der Waals surface area contributed by atoms with E-state index in [1.807, 2.05) is 6.07 Å². The molecule has 1 N–H and O–H groups in total. The molecule has 3 heterocycles. The number of likely N-dealkylation sites (tertiary alicyclic amines) is 1. The van der Waals surface area contributed by atoms with Crippen molar-refractivity contribution in [2.75, 3.05) is 59.4 Å². The summed E-state index contributed by atoms with van der Waals surface area (Å²) in [6.45, 7) is 11.3. The number of aromatic nitrogens is 1. The standard InChI is InChI=1S/C17H30N6O.HI/c1-3-18-17(19-12-15-4-6-21(2)13-15)23-9-7-22(8-10-23)14-16-5-11-24-20-16;/h5,11,15H,3-4,6-10,12-14H2,1-2H3,(H,18,19);1H. The molecule has 2 fully saturated rings. The minimum absolute atomic E-state index is 0. The lowest BCUT2D eigenvalue weighted by Crippen LogP contribution is -2.52. The smallest absolute Gasteiger partial charge is 0.194 e. The van der Waals surface area contributed by atoms with Gasteiger partial charge in [0.05, 0.1) is 5.69 Å². The van der Waals surface area contributed by atoms with E-state index < -0.39 is 0 Å². The summed E-state index contributed by atoms with van der Waals surface area (Å²) in [4.78, 5) is 12.1. The van der Waals surface area contributed by atoms with Gasteiger partial charge in [-0.05, 0) is 32.9 Å². The van der Waals surface area contributed by atoms with Crippen LogP contribution in [-0.2, 0) is 6.54 Å². The highest BCUT2D eigenvalue weighted by Gasteiger charge is 2.22. The largest absolute Gasteiger partial charge is 0.364 e. The molecule has 8 heteroatoms. The number of aliphatic imine (C=N–C) groups is 1. The number of nitrogens with zero attached hydrogens (tertiary/aromatic N) is 5. The van der Waals surface area contributed by atoms with E-state index in [1.165, 1.54) is 19.5 Å². The van der Waals surface area contributed by atoms with E-state index in [4.69, 9.17) is 9.52 Å². The third-order valence-electron chi connectivity index (χ3n) is 4.87. The van der Waals surface area contributed by atoms with Gasteiger partial charge in [-0.3, -0.25) is 9.89 Å². The molecular weight excluding hydrogens is 431 g/mol. The van der Waals surface area contributed by atoms with Crippen LogP contribution in [0.4, 0.5) is 0 Å². The Kier molecular flexibility index (Phi) is 8.44. The molecule has 0 radical (unpaired) electrons. The number of guanidine groups is 1. The quantitative estimate of drug-likeness (QED) is 0.405. The molecule has 142 valence electrons. The van der Waals surface area contributed by atoms with Crippen molar-refractivity contribution in [3.63, 3.8) is 0 Å². The first-order chi connectivity index (χ1) is 11.7. The molecule has 1 atom stereocenters. The van der Waals surface area contributed by atoms with Crippen LogP contribution in [-0.4, -0.2) is 85.2 Å². The van der Waals surface area contributed by atoms with E-state index in [0.29, 0.717) is 5.92 Å². The van der Waals surface area contributed by atoms with Crippen LogP contribution >= 0.6 is 24.0 Å². The molecule has 0 aromatic carbocycles. The molecular formula is C17H31IN6O. The second-order valence-electron chi connectivity index (χ2n) is 6.87. The molecule has 25 heavy (non-hydrogen) atoms. The Balaban J connectivity index is 0.00000225. The van der Waals surface area contributed by atoms with Gasteiger partial charge in [-0.2, -0.15) is 0 Å². The Morgan fingerprint density at radius 2 is 2.12 bits per heavy atom. The number of halogens is 1. The zero-order valence-electron chi connectivity index (χ0n) is 15.4. The molecule has 0 bridgehead atoms. The lowest BCUT2D eigenvalue weighted by molar-refractivity contribution is 0.169. The molecule has 1 aromatic heterocycles. The molecule has 7 nitrogen and oxygen atoms in total. The van der Waals surface area contributed by atoms with Gasteiger partial charge in [0, 0.05) is 58.4 Å². The topological polar surface area (TPSA) is 60.1 Å². The Morgan fingerprint density at radius 3 is 2.72 bits per heavy atom. The lowest BCUT2D eigenvalue weighted by Gasteiger charge is -2.36. The molecule has 2 aliphatic heterocycles. The molecule has 0 amide bonds. The summed E-state index contributed by atoms with van der Waals surface area (Å²) < 4.78 is 4.92. The first-order valence-corrected chi connectivity index (χ1v) is 9.08. The van der Waals surface area contributed by atoms with Gasteiger partial charge in [0.1, 0.15) is 6.26 Å². The highest BCUT2D eigenvalue weighted by Crippen LogP contribution is 2.15. The number of piperazine rings is 1. The Labute approximate surface area is 167 Å². The van der Waals surface area contributed by atoms with E-state index in [1.54, 1.807) is 6.26 Å². The minimum Gasteiger partial charge on any atom is -0.364 e. The Morgan fingerprint density at radius 1 is 1.32 bits per heavy atom. The first kappa shape index (κ1) is 20.4. The van der Waals surface area contributed by atoms with Gasteiger partial charge in [-0.15, -0.1) is 24.0 Å². The van der Waals surface area contributed by atoms with Gasteiger partial charge in [0.2, 0.25) is 0 Å². The summed E-state index contributed by atoms with van der Waals surface area (Å²) >= 11 is 0. The van der Waals surface area contributed by atoms with Crippen LogP contribution in [0.25, 0.3) is 0 Å². The highest BCUT2D eigenvalue weighted by molar-refractivity contribution is 14.0. The van der Waals surface area contributed by atoms with Crippen molar-refractivity contribution >= 4 is 29.9 Å². The van der Waals surface area contributed by atoms with Crippen LogP contribution in [0, 0.1) is 5.92 Å². The fraction of sp³-hybridized carbons (Fsp3) is 0.765. The van der Waals surface area contributed by atoms with E-state index in [9.17, 15) is 0 Å². The maximum Gasteiger partial charge on any atom is 0.194 e. The van der Waals surface area contributed by atoms with Crippen LogP contribution in [0.3, 0.4) is 0 Å². The average molecular weight is 462 g/mol. The van der Waals surface area contributed by atoms with Crippen molar-refractivity contribution in [2.45, 2.75) is 19.9 Å². The fourth-order valence-corrected chi connectivity index (χ4v) is 3.48. The second kappa shape index (κ2) is 10.3. The Bertz CT molecular complexity index is 515. The van der Waals surface area contributed by atoms with Crippen molar-refractivity contribution in [2.24, 2.45) is 10.9 Å². The number of hydrogen-bond donors (Lipinski definition) is 1. The predicted octanol–water partition coefficient (Wildman–Crippen LogP) is 1.33. The highest BCUT2D eigenvalue weighted by atomic mass is 127. The third kappa shape index (κ3) is 6.10. The van der Waals surface area contributed by atoms with Crippen molar-refractivity contribution in [1.29, 1.82) is 0 Å². The molecule has 1 aromatic rings. The molecule has 3 rings (SSSR count). The first-order valence-electron chi connectivity index (χ1n) is 9.08. The van der Waals surface area contributed by atoms with Gasteiger partial charge >= 0.3 is 0 Å². The Hall–Kier alpha value is -0.870. The van der Waals surface area contributed by atoms with Gasteiger partial charge in [0.25, 0.3) is 0 Å². The van der Waals surface area contributed by atoms with Crippen molar-refractivity contribution in [3.05, 3.63) is 18.0 Å². The summed E-state index contributed by atoms with van der Waals surface area (Å²) in [5.41, 5.74) is 1.01. The van der Waals surface area contributed by atoms with Crippen LogP contribution in [0.2, 0.25) is 0 Å². The average Bonchev–Trinajstić information content (AvgIpc) is 3.24. The second-order valence-corrected chi connectivity index (χ2v) is 6.87. The molecule has 2 saturated heterocycles. The summed E-state index contributed by atoms with van der Waals surface area (Å²) in [5.74, 6) is 1.78. The monoisotopic (exact) mass is 462 g/mol. The molecule has 0 spiro atoms. The summed E-state index contributed by atoms with van der Waals surface area (Å²) in [5, 5.41) is 7.47. The summed E-state index contributed by atoms with van der Waals surface area (Å²) in [6, 6.07) is 1.94. The third-order valence-corrected chi connectivity index (χ3v) is 4.87. The maximum atomic E-state index is 4.92. The van der Waals surface area contributed by atoms with Crippen LogP contribution in [0.1, 0.15) is 19.0 Å². The van der Waals surface area contributed by atoms with Gasteiger partial charge in [0.15, 0.2) is 5.96 Å². The zero-order valence-corrected chi connectivity index (χ0v) is 17.7. The number of hydrogen-bond acceptors (Lipinski definition) is 5. The van der Waals surface area contributed by atoms with Crippen LogP contribution in [0.5, 0.6) is 0 Å². The molecule has 0 saturated carbocycles.